The minimum absolute atomic E-state index is 0.495. The van der Waals surface area contributed by atoms with Gasteiger partial charge >= 0.3 is 0 Å². The number of carbonyl (C=O) groups excluding carboxylic acids is 1. The van der Waals surface area contributed by atoms with E-state index in [9.17, 15) is 4.79 Å². The number of hydrogen-bond donors (Lipinski definition) is 0. The van der Waals surface area contributed by atoms with E-state index in [-0.39, 0.29) is 0 Å². The van der Waals surface area contributed by atoms with E-state index in [2.05, 4.69) is 30.3 Å². The zero-order chi connectivity index (χ0) is 13.1. The van der Waals surface area contributed by atoms with Crippen LogP contribution in [0.1, 0.15) is 62.8 Å². The van der Waals surface area contributed by atoms with Crippen molar-refractivity contribution >= 4 is 5.78 Å². The Balaban J connectivity index is 1.53. The van der Waals surface area contributed by atoms with Crippen molar-refractivity contribution in [2.75, 3.05) is 0 Å². The lowest BCUT2D eigenvalue weighted by atomic mass is 9.70. The van der Waals surface area contributed by atoms with Gasteiger partial charge < -0.3 is 0 Å². The Kier molecular flexibility index (Phi) is 4.00. The van der Waals surface area contributed by atoms with Crippen molar-refractivity contribution in [2.24, 2.45) is 11.8 Å². The van der Waals surface area contributed by atoms with Crippen LogP contribution < -0.4 is 0 Å². The molecule has 2 aliphatic carbocycles. The van der Waals surface area contributed by atoms with Crippen molar-refractivity contribution in [3.8, 4) is 0 Å². The molecule has 0 bridgehead atoms. The highest BCUT2D eigenvalue weighted by Crippen LogP contribution is 2.42. The second kappa shape index (κ2) is 5.90. The van der Waals surface area contributed by atoms with Crippen molar-refractivity contribution < 1.29 is 4.79 Å². The number of benzene rings is 1. The van der Waals surface area contributed by atoms with E-state index in [4.69, 9.17) is 0 Å². The Morgan fingerprint density at radius 2 is 1.32 bits per heavy atom. The maximum absolute atomic E-state index is 11.3. The second-order valence-corrected chi connectivity index (χ2v) is 6.40. The van der Waals surface area contributed by atoms with Gasteiger partial charge in [-0.2, -0.15) is 0 Å². The minimum Gasteiger partial charge on any atom is -0.300 e. The predicted octanol–water partition coefficient (Wildman–Crippen LogP) is 4.72. The summed E-state index contributed by atoms with van der Waals surface area (Å²) in [4.78, 5) is 11.3. The summed E-state index contributed by atoms with van der Waals surface area (Å²) in [7, 11) is 0. The van der Waals surface area contributed by atoms with E-state index in [0.717, 1.165) is 30.6 Å². The van der Waals surface area contributed by atoms with Crippen LogP contribution >= 0.6 is 0 Å². The monoisotopic (exact) mass is 256 g/mol. The van der Waals surface area contributed by atoms with Gasteiger partial charge in [0, 0.05) is 12.8 Å². The molecule has 2 fully saturated rings. The minimum atomic E-state index is 0.495. The first-order valence-electron chi connectivity index (χ1n) is 7.89. The highest BCUT2D eigenvalue weighted by atomic mass is 16.1. The van der Waals surface area contributed by atoms with Crippen LogP contribution in [0.2, 0.25) is 0 Å². The Bertz CT molecular complexity index is 405. The van der Waals surface area contributed by atoms with Crippen molar-refractivity contribution in [1.82, 2.24) is 0 Å². The molecule has 1 nitrogen and oxygen atoms in total. The molecule has 3 rings (SSSR count). The lowest BCUT2D eigenvalue weighted by molar-refractivity contribution is -0.121. The molecule has 0 radical (unpaired) electrons. The molecule has 2 saturated carbocycles. The molecule has 0 heterocycles. The maximum Gasteiger partial charge on any atom is 0.132 e. The summed E-state index contributed by atoms with van der Waals surface area (Å²) in [5.74, 6) is 3.01. The molecule has 0 amide bonds. The van der Waals surface area contributed by atoms with Crippen LogP contribution in [0.4, 0.5) is 0 Å². The van der Waals surface area contributed by atoms with E-state index in [1.165, 1.54) is 44.1 Å². The van der Waals surface area contributed by atoms with Gasteiger partial charge in [-0.3, -0.25) is 4.79 Å². The Morgan fingerprint density at radius 3 is 1.95 bits per heavy atom. The number of hydrogen-bond acceptors (Lipinski definition) is 1. The molecule has 0 spiro atoms. The van der Waals surface area contributed by atoms with E-state index in [0.29, 0.717) is 5.78 Å². The fraction of sp³-hybridized carbons (Fsp3) is 0.611. The summed E-state index contributed by atoms with van der Waals surface area (Å²) < 4.78 is 0. The van der Waals surface area contributed by atoms with E-state index >= 15 is 0 Å². The summed E-state index contributed by atoms with van der Waals surface area (Å²) >= 11 is 0. The first kappa shape index (κ1) is 12.9. The summed E-state index contributed by atoms with van der Waals surface area (Å²) in [6, 6.07) is 11.0. The highest BCUT2D eigenvalue weighted by molar-refractivity contribution is 5.79. The molecule has 0 unspecified atom stereocenters. The largest absolute Gasteiger partial charge is 0.300 e. The maximum atomic E-state index is 11.3. The van der Waals surface area contributed by atoms with Crippen LogP contribution in [0.5, 0.6) is 0 Å². The first-order chi connectivity index (χ1) is 9.33. The average molecular weight is 256 g/mol. The summed E-state index contributed by atoms with van der Waals surface area (Å²) in [5, 5.41) is 0. The van der Waals surface area contributed by atoms with Gasteiger partial charge in [-0.15, -0.1) is 0 Å². The first-order valence-corrected chi connectivity index (χ1v) is 7.89. The van der Waals surface area contributed by atoms with Crippen LogP contribution in [0, 0.1) is 11.8 Å². The molecule has 0 atom stereocenters. The van der Waals surface area contributed by atoms with Crippen molar-refractivity contribution in [1.29, 1.82) is 0 Å². The third-order valence-corrected chi connectivity index (χ3v) is 5.30. The van der Waals surface area contributed by atoms with Gasteiger partial charge in [-0.1, -0.05) is 30.3 Å². The van der Waals surface area contributed by atoms with Gasteiger partial charge in [-0.05, 0) is 61.8 Å². The van der Waals surface area contributed by atoms with Crippen LogP contribution in [-0.4, -0.2) is 5.78 Å². The smallest absolute Gasteiger partial charge is 0.132 e. The molecule has 1 heteroatoms. The van der Waals surface area contributed by atoms with Crippen LogP contribution in [0.15, 0.2) is 30.3 Å². The lowest BCUT2D eigenvalue weighted by Gasteiger charge is -2.35. The molecule has 0 aliphatic heterocycles. The fourth-order valence-corrected chi connectivity index (χ4v) is 4.08. The van der Waals surface area contributed by atoms with Gasteiger partial charge in [0.25, 0.3) is 0 Å². The van der Waals surface area contributed by atoms with Gasteiger partial charge in [-0.25, -0.2) is 0 Å². The summed E-state index contributed by atoms with van der Waals surface area (Å²) in [5.41, 5.74) is 1.53. The standard InChI is InChI=1S/C18H24O/c19-18-12-10-17(11-13-18)16-8-6-15(7-9-16)14-4-2-1-3-5-14/h1-5,15-17H,6-13H2. The Morgan fingerprint density at radius 1 is 0.737 bits per heavy atom. The Labute approximate surface area is 116 Å². The Hall–Kier alpha value is -1.11. The molecule has 0 N–H and O–H groups in total. The molecule has 0 saturated heterocycles. The van der Waals surface area contributed by atoms with Crippen molar-refractivity contribution in [3.63, 3.8) is 0 Å². The predicted molar refractivity (Wildman–Crippen MR) is 78.1 cm³/mol. The molecule has 1 aromatic carbocycles. The van der Waals surface area contributed by atoms with Gasteiger partial charge in [0.05, 0.1) is 0 Å². The summed E-state index contributed by atoms with van der Waals surface area (Å²) in [6.45, 7) is 0. The molecular formula is C18H24O. The van der Waals surface area contributed by atoms with E-state index in [1.54, 1.807) is 0 Å². The van der Waals surface area contributed by atoms with Gasteiger partial charge in [0.2, 0.25) is 0 Å². The molecule has 19 heavy (non-hydrogen) atoms. The third kappa shape index (κ3) is 3.08. The molecule has 0 aromatic heterocycles. The van der Waals surface area contributed by atoms with Gasteiger partial charge in [0.1, 0.15) is 5.78 Å². The number of carbonyl (C=O) groups is 1. The van der Waals surface area contributed by atoms with Gasteiger partial charge in [0.15, 0.2) is 0 Å². The van der Waals surface area contributed by atoms with E-state index < -0.39 is 0 Å². The van der Waals surface area contributed by atoms with Crippen LogP contribution in [0.3, 0.4) is 0 Å². The van der Waals surface area contributed by atoms with Crippen LogP contribution in [0.25, 0.3) is 0 Å². The number of Topliss-reactive ketones (excluding diaryl/α,β-unsaturated/α-hetero) is 1. The molecule has 2 aliphatic rings. The second-order valence-electron chi connectivity index (χ2n) is 6.40. The number of rotatable bonds is 2. The third-order valence-electron chi connectivity index (χ3n) is 5.30. The molecular weight excluding hydrogens is 232 g/mol. The highest BCUT2D eigenvalue weighted by Gasteiger charge is 2.30. The van der Waals surface area contributed by atoms with E-state index in [1.807, 2.05) is 0 Å². The summed E-state index contributed by atoms with van der Waals surface area (Å²) in [6.07, 6.45) is 9.47. The van der Waals surface area contributed by atoms with Crippen molar-refractivity contribution in [2.45, 2.75) is 57.3 Å². The zero-order valence-electron chi connectivity index (χ0n) is 11.7. The average Bonchev–Trinajstić information content (AvgIpc) is 2.49. The zero-order valence-corrected chi connectivity index (χ0v) is 11.7. The SMILES string of the molecule is O=C1CCC(C2CCC(c3ccccc3)CC2)CC1. The quantitative estimate of drug-likeness (QED) is 0.748. The van der Waals surface area contributed by atoms with Crippen molar-refractivity contribution in [3.05, 3.63) is 35.9 Å². The number of ketones is 1. The topological polar surface area (TPSA) is 17.1 Å². The lowest BCUT2D eigenvalue weighted by Crippen LogP contribution is -2.25. The molecule has 1 aromatic rings. The normalized spacial score (nSPS) is 29.4. The van der Waals surface area contributed by atoms with Crippen LogP contribution in [-0.2, 0) is 4.79 Å². The fourth-order valence-electron chi connectivity index (χ4n) is 4.08. The molecule has 102 valence electrons.